The summed E-state index contributed by atoms with van der Waals surface area (Å²) >= 11 is 0. The number of carbonyl (C=O) groups is 1. The van der Waals surface area contributed by atoms with Crippen LogP contribution in [0.2, 0.25) is 0 Å². The molecule has 7 nitrogen and oxygen atoms in total. The maximum absolute atomic E-state index is 11.1. The van der Waals surface area contributed by atoms with Crippen molar-refractivity contribution < 1.29 is 19.2 Å². The van der Waals surface area contributed by atoms with Gasteiger partial charge in [-0.3, -0.25) is 19.8 Å². The molecule has 2 rings (SSSR count). The lowest BCUT2D eigenvalue weighted by Crippen LogP contribution is -2.42. The molecule has 1 fully saturated rings. The van der Waals surface area contributed by atoms with Gasteiger partial charge in [0, 0.05) is 0 Å². The molecular weight excluding hydrogens is 252 g/mol. The van der Waals surface area contributed by atoms with Gasteiger partial charge in [0.15, 0.2) is 0 Å². The summed E-state index contributed by atoms with van der Waals surface area (Å²) in [5.41, 5.74) is -0.661. The fourth-order valence-corrected chi connectivity index (χ4v) is 2.19. The third kappa shape index (κ3) is 2.93. The Morgan fingerprint density at radius 3 is 2.63 bits per heavy atom. The number of piperidine rings is 1. The zero-order valence-corrected chi connectivity index (χ0v) is 10.7. The molecule has 1 aromatic heterocycles. The Kier molecular flexibility index (Phi) is 3.57. The van der Waals surface area contributed by atoms with Crippen LogP contribution in [-0.4, -0.2) is 34.0 Å². The summed E-state index contributed by atoms with van der Waals surface area (Å²) < 4.78 is 5.09. The molecule has 2 heterocycles. The van der Waals surface area contributed by atoms with E-state index in [1.807, 2.05) is 4.90 Å². The Morgan fingerprint density at radius 1 is 1.53 bits per heavy atom. The van der Waals surface area contributed by atoms with Crippen molar-refractivity contribution in [3.63, 3.8) is 0 Å². The molecule has 0 unspecified atom stereocenters. The van der Waals surface area contributed by atoms with E-state index in [0.29, 0.717) is 38.2 Å². The van der Waals surface area contributed by atoms with E-state index in [9.17, 15) is 14.9 Å². The van der Waals surface area contributed by atoms with Gasteiger partial charge in [0.05, 0.1) is 18.0 Å². The molecule has 1 aliphatic heterocycles. The monoisotopic (exact) mass is 268 g/mol. The second-order valence-corrected chi connectivity index (χ2v) is 5.14. The van der Waals surface area contributed by atoms with E-state index in [4.69, 9.17) is 9.52 Å². The normalized spacial score (nSPS) is 19.2. The van der Waals surface area contributed by atoms with Crippen LogP contribution in [0.3, 0.4) is 0 Å². The van der Waals surface area contributed by atoms with Crippen molar-refractivity contribution in [3.8, 4) is 0 Å². The van der Waals surface area contributed by atoms with E-state index >= 15 is 0 Å². The number of aliphatic carboxylic acids is 1. The summed E-state index contributed by atoms with van der Waals surface area (Å²) in [5, 5.41) is 19.6. The van der Waals surface area contributed by atoms with Gasteiger partial charge in [0.1, 0.15) is 10.7 Å². The van der Waals surface area contributed by atoms with E-state index in [1.165, 1.54) is 6.07 Å². The highest BCUT2D eigenvalue weighted by molar-refractivity contribution is 5.74. The van der Waals surface area contributed by atoms with Gasteiger partial charge in [-0.1, -0.05) is 0 Å². The molecule has 1 aromatic rings. The number of carboxylic acids is 1. The lowest BCUT2D eigenvalue weighted by molar-refractivity contribution is -0.402. The molecule has 1 N–H and O–H groups in total. The maximum Gasteiger partial charge on any atom is 0.433 e. The van der Waals surface area contributed by atoms with Crippen molar-refractivity contribution in [1.82, 2.24) is 4.90 Å². The van der Waals surface area contributed by atoms with Crippen LogP contribution in [0.1, 0.15) is 25.5 Å². The largest absolute Gasteiger partial charge is 0.481 e. The molecule has 19 heavy (non-hydrogen) atoms. The second-order valence-electron chi connectivity index (χ2n) is 5.14. The van der Waals surface area contributed by atoms with Crippen molar-refractivity contribution in [2.24, 2.45) is 5.41 Å². The summed E-state index contributed by atoms with van der Waals surface area (Å²) in [6, 6.07) is 2.92. The van der Waals surface area contributed by atoms with Crippen LogP contribution in [0.5, 0.6) is 0 Å². The first-order valence-electron chi connectivity index (χ1n) is 6.09. The molecule has 0 spiro atoms. The minimum absolute atomic E-state index is 0.262. The van der Waals surface area contributed by atoms with Crippen molar-refractivity contribution in [3.05, 3.63) is 28.0 Å². The van der Waals surface area contributed by atoms with Gasteiger partial charge in [0.2, 0.25) is 0 Å². The average Bonchev–Trinajstić information content (AvgIpc) is 2.81. The van der Waals surface area contributed by atoms with E-state index < -0.39 is 16.3 Å². The predicted molar refractivity (Wildman–Crippen MR) is 65.6 cm³/mol. The maximum atomic E-state index is 11.1. The minimum atomic E-state index is -0.763. The van der Waals surface area contributed by atoms with Gasteiger partial charge in [-0.15, -0.1) is 0 Å². The number of nitro groups is 1. The lowest BCUT2D eigenvalue weighted by Gasteiger charge is -2.35. The molecule has 0 saturated carbocycles. The second kappa shape index (κ2) is 5.00. The number of hydrogen-bond acceptors (Lipinski definition) is 5. The average molecular weight is 268 g/mol. The zero-order chi connectivity index (χ0) is 14.0. The first-order chi connectivity index (χ1) is 8.90. The number of carboxylic acid groups (broad SMARTS) is 1. The fraction of sp³-hybridized carbons (Fsp3) is 0.583. The van der Waals surface area contributed by atoms with Gasteiger partial charge in [-0.05, 0) is 38.9 Å². The van der Waals surface area contributed by atoms with E-state index in [-0.39, 0.29) is 5.88 Å². The van der Waals surface area contributed by atoms with Crippen LogP contribution in [0.15, 0.2) is 16.5 Å². The van der Waals surface area contributed by atoms with Crippen LogP contribution in [0.4, 0.5) is 5.88 Å². The van der Waals surface area contributed by atoms with E-state index in [1.54, 1.807) is 13.0 Å². The van der Waals surface area contributed by atoms with Gasteiger partial charge in [-0.2, -0.15) is 0 Å². The topological polar surface area (TPSA) is 96.8 Å². The Bertz CT molecular complexity index is 488. The highest BCUT2D eigenvalue weighted by Crippen LogP contribution is 2.31. The molecule has 1 aliphatic rings. The molecule has 0 bridgehead atoms. The van der Waals surface area contributed by atoms with E-state index in [2.05, 4.69) is 0 Å². The molecule has 1 saturated heterocycles. The molecule has 0 atom stereocenters. The lowest BCUT2D eigenvalue weighted by atomic mass is 9.80. The van der Waals surface area contributed by atoms with Crippen LogP contribution >= 0.6 is 0 Å². The molecule has 0 radical (unpaired) electrons. The Labute approximate surface area is 110 Å². The van der Waals surface area contributed by atoms with Crippen molar-refractivity contribution in [1.29, 1.82) is 0 Å². The highest BCUT2D eigenvalue weighted by atomic mass is 16.6. The Balaban J connectivity index is 1.92. The summed E-state index contributed by atoms with van der Waals surface area (Å²) in [4.78, 5) is 23.1. The quantitative estimate of drug-likeness (QED) is 0.661. The molecule has 0 aliphatic carbocycles. The smallest absolute Gasteiger partial charge is 0.433 e. The van der Waals surface area contributed by atoms with Crippen molar-refractivity contribution in [2.75, 3.05) is 13.1 Å². The number of hydrogen-bond donors (Lipinski definition) is 1. The van der Waals surface area contributed by atoms with Crippen LogP contribution in [0.25, 0.3) is 0 Å². The third-order valence-corrected chi connectivity index (χ3v) is 3.68. The fourth-order valence-electron chi connectivity index (χ4n) is 2.19. The van der Waals surface area contributed by atoms with Gasteiger partial charge in [0.25, 0.3) is 0 Å². The third-order valence-electron chi connectivity index (χ3n) is 3.68. The number of nitrogens with zero attached hydrogens (tertiary/aromatic N) is 2. The van der Waals surface area contributed by atoms with Crippen molar-refractivity contribution >= 4 is 11.9 Å². The van der Waals surface area contributed by atoms with Gasteiger partial charge in [-0.25, -0.2) is 0 Å². The Hall–Kier alpha value is -1.89. The van der Waals surface area contributed by atoms with E-state index in [0.717, 1.165) is 0 Å². The molecule has 7 heteroatoms. The van der Waals surface area contributed by atoms with Crippen LogP contribution < -0.4 is 0 Å². The molecule has 0 aromatic carbocycles. The standard InChI is InChI=1S/C12H16N2O5/c1-12(11(15)16)4-6-13(7-5-12)8-9-2-3-10(19-9)14(17)18/h2-3H,4-8H2,1H3,(H,15,16). The SMILES string of the molecule is CC1(C(=O)O)CCN(Cc2ccc([N+](=O)[O-])o2)CC1. The molecule has 104 valence electrons. The summed E-state index contributed by atoms with van der Waals surface area (Å²) in [7, 11) is 0. The first-order valence-corrected chi connectivity index (χ1v) is 6.09. The zero-order valence-electron chi connectivity index (χ0n) is 10.7. The summed E-state index contributed by atoms with van der Waals surface area (Å²) in [6.07, 6.45) is 1.15. The summed E-state index contributed by atoms with van der Waals surface area (Å²) in [5.74, 6) is -0.492. The van der Waals surface area contributed by atoms with Gasteiger partial charge >= 0.3 is 11.9 Å². The molecular formula is C12H16N2O5. The highest BCUT2D eigenvalue weighted by Gasteiger charge is 2.36. The first kappa shape index (κ1) is 13.5. The number of likely N-dealkylation sites (tertiary alicyclic amines) is 1. The Morgan fingerprint density at radius 2 is 2.16 bits per heavy atom. The van der Waals surface area contributed by atoms with Gasteiger partial charge < -0.3 is 9.52 Å². The predicted octanol–water partition coefficient (Wildman–Crippen LogP) is 1.87. The molecule has 0 amide bonds. The number of furan rings is 1. The van der Waals surface area contributed by atoms with Crippen LogP contribution in [-0.2, 0) is 11.3 Å². The van der Waals surface area contributed by atoms with Crippen molar-refractivity contribution in [2.45, 2.75) is 26.3 Å². The summed E-state index contributed by atoms with van der Waals surface area (Å²) in [6.45, 7) is 3.53. The van der Waals surface area contributed by atoms with Crippen LogP contribution in [0, 0.1) is 15.5 Å². The number of rotatable bonds is 4. The minimum Gasteiger partial charge on any atom is -0.481 e.